The van der Waals surface area contributed by atoms with E-state index >= 15 is 0 Å². The normalized spacial score (nSPS) is 18.4. The number of hydrogen-bond acceptors (Lipinski definition) is 5. The smallest absolute Gasteiger partial charge is 0.257 e. The van der Waals surface area contributed by atoms with Crippen molar-refractivity contribution < 1.29 is 18.3 Å². The lowest BCUT2D eigenvalue weighted by Gasteiger charge is -2.33. The molecule has 2 aromatic rings. The largest absolute Gasteiger partial charge is 0.381 e. The fourth-order valence-corrected chi connectivity index (χ4v) is 3.89. The topological polar surface area (TPSA) is 67.4 Å². The molecule has 1 spiro atoms. The highest BCUT2D eigenvalue weighted by Gasteiger charge is 2.41. The van der Waals surface area contributed by atoms with Gasteiger partial charge < -0.3 is 15.0 Å². The van der Waals surface area contributed by atoms with E-state index in [0.717, 1.165) is 51.6 Å². The van der Waals surface area contributed by atoms with Gasteiger partial charge in [0.1, 0.15) is 0 Å². The van der Waals surface area contributed by atoms with Gasteiger partial charge in [0.25, 0.3) is 5.91 Å². The van der Waals surface area contributed by atoms with E-state index in [-0.39, 0.29) is 29.4 Å². The maximum absolute atomic E-state index is 13.7. The highest BCUT2D eigenvalue weighted by atomic mass is 19.2. The van der Waals surface area contributed by atoms with Gasteiger partial charge in [-0.3, -0.25) is 4.79 Å². The number of benzene rings is 1. The zero-order chi connectivity index (χ0) is 19.6. The second kappa shape index (κ2) is 7.79. The van der Waals surface area contributed by atoms with E-state index in [0.29, 0.717) is 5.56 Å². The molecular formula is C20H22F2N4O2. The van der Waals surface area contributed by atoms with E-state index in [1.807, 2.05) is 4.90 Å². The zero-order valence-corrected chi connectivity index (χ0v) is 15.5. The number of amides is 1. The highest BCUT2D eigenvalue weighted by molar-refractivity contribution is 5.94. The summed E-state index contributed by atoms with van der Waals surface area (Å²) in [5.41, 5.74) is 0.792. The summed E-state index contributed by atoms with van der Waals surface area (Å²) in [5, 5.41) is 2.84. The van der Waals surface area contributed by atoms with Crippen LogP contribution in [0.15, 0.2) is 30.6 Å². The highest BCUT2D eigenvalue weighted by Crippen LogP contribution is 2.40. The molecule has 8 heteroatoms. The molecule has 0 aliphatic carbocycles. The first-order chi connectivity index (χ1) is 13.6. The molecule has 2 saturated heterocycles. The van der Waals surface area contributed by atoms with Crippen LogP contribution in [0.3, 0.4) is 0 Å². The molecule has 0 radical (unpaired) electrons. The van der Waals surface area contributed by atoms with Crippen molar-refractivity contribution in [1.82, 2.24) is 14.9 Å². The summed E-state index contributed by atoms with van der Waals surface area (Å²) in [6, 6.07) is 4.00. The Hall–Kier alpha value is -2.61. The van der Waals surface area contributed by atoms with Gasteiger partial charge in [-0.15, -0.1) is 0 Å². The molecular weight excluding hydrogens is 366 g/mol. The van der Waals surface area contributed by atoms with E-state index in [9.17, 15) is 13.6 Å². The lowest BCUT2D eigenvalue weighted by atomic mass is 9.80. The Morgan fingerprint density at radius 1 is 1.18 bits per heavy atom. The van der Waals surface area contributed by atoms with E-state index < -0.39 is 11.6 Å². The molecule has 0 unspecified atom stereocenters. The van der Waals surface area contributed by atoms with Crippen molar-refractivity contribution in [2.75, 3.05) is 31.6 Å². The molecule has 1 aromatic heterocycles. The molecule has 148 valence electrons. The van der Waals surface area contributed by atoms with Crippen LogP contribution in [0.1, 0.15) is 35.2 Å². The van der Waals surface area contributed by atoms with Gasteiger partial charge in [0.15, 0.2) is 11.6 Å². The lowest BCUT2D eigenvalue weighted by Crippen LogP contribution is -2.35. The molecule has 0 bridgehead atoms. The summed E-state index contributed by atoms with van der Waals surface area (Å²) in [4.78, 5) is 22.9. The second-order valence-corrected chi connectivity index (χ2v) is 7.45. The van der Waals surface area contributed by atoms with Crippen LogP contribution >= 0.6 is 0 Å². The van der Waals surface area contributed by atoms with Crippen molar-refractivity contribution >= 4 is 11.9 Å². The van der Waals surface area contributed by atoms with E-state index in [1.54, 1.807) is 0 Å². The minimum atomic E-state index is -0.894. The molecule has 2 aliphatic rings. The van der Waals surface area contributed by atoms with Crippen LogP contribution in [0.4, 0.5) is 14.7 Å². The number of likely N-dealkylation sites (tertiary alicyclic amines) is 1. The maximum atomic E-state index is 13.7. The summed E-state index contributed by atoms with van der Waals surface area (Å²) in [6.45, 7) is 3.05. The summed E-state index contributed by atoms with van der Waals surface area (Å²) >= 11 is 0. The third-order valence-corrected chi connectivity index (χ3v) is 5.65. The summed E-state index contributed by atoms with van der Waals surface area (Å²) < 4.78 is 32.4. The van der Waals surface area contributed by atoms with Gasteiger partial charge >= 0.3 is 0 Å². The SMILES string of the molecule is O=C(c1cnc(NCc2cccc(F)c2F)nc1)N1CCC2(CCOCC2)C1. The fraction of sp³-hybridized carbons (Fsp3) is 0.450. The number of carbonyl (C=O) groups excluding carboxylic acids is 1. The predicted molar refractivity (Wildman–Crippen MR) is 98.7 cm³/mol. The molecule has 2 fully saturated rings. The van der Waals surface area contributed by atoms with Crippen molar-refractivity contribution in [2.24, 2.45) is 5.41 Å². The second-order valence-electron chi connectivity index (χ2n) is 7.45. The van der Waals surface area contributed by atoms with Crippen molar-refractivity contribution in [3.63, 3.8) is 0 Å². The standard InChI is InChI=1S/C20H22F2N4O2/c21-16-3-1-2-14(17(16)22)10-23-19-24-11-15(12-25-19)18(27)26-7-4-20(13-26)5-8-28-9-6-20/h1-3,11-12H,4-10,13H2,(H,23,24,25). The minimum absolute atomic E-state index is 0.0492. The third-order valence-electron chi connectivity index (χ3n) is 5.65. The molecule has 4 rings (SSSR count). The number of hydrogen-bond donors (Lipinski definition) is 1. The van der Waals surface area contributed by atoms with Gasteiger partial charge in [-0.25, -0.2) is 18.7 Å². The summed E-state index contributed by atoms with van der Waals surface area (Å²) in [6.07, 6.45) is 5.92. The van der Waals surface area contributed by atoms with Crippen LogP contribution in [-0.4, -0.2) is 47.1 Å². The summed E-state index contributed by atoms with van der Waals surface area (Å²) in [7, 11) is 0. The van der Waals surface area contributed by atoms with Crippen LogP contribution in [0.2, 0.25) is 0 Å². The Bertz CT molecular complexity index is 854. The van der Waals surface area contributed by atoms with Gasteiger partial charge in [0, 0.05) is 50.8 Å². The number of rotatable bonds is 4. The van der Waals surface area contributed by atoms with E-state index in [4.69, 9.17) is 4.74 Å². The molecule has 1 N–H and O–H groups in total. The molecule has 3 heterocycles. The van der Waals surface area contributed by atoms with Crippen LogP contribution in [-0.2, 0) is 11.3 Å². The number of anilines is 1. The quantitative estimate of drug-likeness (QED) is 0.872. The average molecular weight is 388 g/mol. The van der Waals surface area contributed by atoms with Gasteiger partial charge in [-0.1, -0.05) is 12.1 Å². The Morgan fingerprint density at radius 2 is 1.93 bits per heavy atom. The molecule has 28 heavy (non-hydrogen) atoms. The minimum Gasteiger partial charge on any atom is -0.381 e. The molecule has 6 nitrogen and oxygen atoms in total. The molecule has 2 aliphatic heterocycles. The number of aromatic nitrogens is 2. The van der Waals surface area contributed by atoms with Gasteiger partial charge in [0.2, 0.25) is 5.95 Å². The Labute approximate surface area is 161 Å². The number of nitrogens with one attached hydrogen (secondary N) is 1. The molecule has 1 aromatic carbocycles. The molecule has 0 saturated carbocycles. The average Bonchev–Trinajstić information content (AvgIpc) is 3.13. The maximum Gasteiger partial charge on any atom is 0.257 e. The zero-order valence-electron chi connectivity index (χ0n) is 15.5. The fourth-order valence-electron chi connectivity index (χ4n) is 3.89. The summed E-state index contributed by atoms with van der Waals surface area (Å²) in [5.74, 6) is -1.61. The van der Waals surface area contributed by atoms with Crippen LogP contribution < -0.4 is 5.32 Å². The first kappa shape index (κ1) is 18.7. The lowest BCUT2D eigenvalue weighted by molar-refractivity contribution is 0.0191. The Balaban J connectivity index is 1.36. The van der Waals surface area contributed by atoms with Gasteiger partial charge in [-0.05, 0) is 30.7 Å². The molecule has 0 atom stereocenters. The third kappa shape index (κ3) is 3.82. The monoisotopic (exact) mass is 388 g/mol. The van der Waals surface area contributed by atoms with Crippen molar-refractivity contribution in [3.8, 4) is 0 Å². The van der Waals surface area contributed by atoms with Crippen LogP contribution in [0, 0.1) is 17.0 Å². The first-order valence-corrected chi connectivity index (χ1v) is 9.42. The Morgan fingerprint density at radius 3 is 2.68 bits per heavy atom. The van der Waals surface area contributed by atoms with Gasteiger partial charge in [0.05, 0.1) is 5.56 Å². The Kier molecular flexibility index (Phi) is 5.21. The van der Waals surface area contributed by atoms with E-state index in [1.165, 1.54) is 24.5 Å². The number of carbonyl (C=O) groups is 1. The van der Waals surface area contributed by atoms with Crippen LogP contribution in [0.5, 0.6) is 0 Å². The first-order valence-electron chi connectivity index (χ1n) is 9.42. The molecule has 1 amide bonds. The van der Waals surface area contributed by atoms with Crippen LogP contribution in [0.25, 0.3) is 0 Å². The van der Waals surface area contributed by atoms with Crippen molar-refractivity contribution in [1.29, 1.82) is 0 Å². The van der Waals surface area contributed by atoms with Crippen molar-refractivity contribution in [3.05, 3.63) is 53.4 Å². The number of halogens is 2. The predicted octanol–water partition coefficient (Wildman–Crippen LogP) is 3.01. The van der Waals surface area contributed by atoms with Crippen molar-refractivity contribution in [2.45, 2.75) is 25.8 Å². The van der Waals surface area contributed by atoms with E-state index in [2.05, 4.69) is 15.3 Å². The number of nitrogens with zero attached hydrogens (tertiary/aromatic N) is 3. The van der Waals surface area contributed by atoms with Gasteiger partial charge in [-0.2, -0.15) is 0 Å². The number of ether oxygens (including phenoxy) is 1.